The number of fused-ring (bicyclic) bond motifs is 1. The summed E-state index contributed by atoms with van der Waals surface area (Å²) in [5.41, 5.74) is 7.53. The number of aliphatic hydroxyl groups is 1. The Morgan fingerprint density at radius 1 is 1.42 bits per heavy atom. The van der Waals surface area contributed by atoms with Crippen LogP contribution in [-0.4, -0.2) is 32.8 Å². The van der Waals surface area contributed by atoms with Gasteiger partial charge in [-0.25, -0.2) is 4.79 Å². The third-order valence-corrected chi connectivity index (χ3v) is 3.49. The molecule has 0 aliphatic heterocycles. The number of nitrogens with two attached hydrogens (primary N) is 1. The lowest BCUT2D eigenvalue weighted by Crippen LogP contribution is -2.49. The Kier molecular flexibility index (Phi) is 3.18. The van der Waals surface area contributed by atoms with E-state index in [1.54, 1.807) is 12.1 Å². The molecule has 2 rings (SSSR count). The van der Waals surface area contributed by atoms with Gasteiger partial charge in [0, 0.05) is 17.6 Å². The van der Waals surface area contributed by atoms with E-state index in [2.05, 4.69) is 0 Å². The summed E-state index contributed by atoms with van der Waals surface area (Å²) >= 11 is 0. The molecule has 0 heterocycles. The van der Waals surface area contributed by atoms with Crippen LogP contribution in [0.1, 0.15) is 37.9 Å². The van der Waals surface area contributed by atoms with Crippen LogP contribution in [0.25, 0.3) is 0 Å². The number of carbonyl (C=O) groups is 1. The zero-order valence-electron chi connectivity index (χ0n) is 11.4. The molecule has 0 aromatic heterocycles. The molecule has 4 N–H and O–H groups in total. The molecule has 5 heteroatoms. The highest BCUT2D eigenvalue weighted by Gasteiger charge is 2.42. The molecule has 1 aliphatic carbocycles. The van der Waals surface area contributed by atoms with Gasteiger partial charge in [0.05, 0.1) is 12.1 Å². The predicted molar refractivity (Wildman–Crippen MR) is 72.9 cm³/mol. The first-order valence-corrected chi connectivity index (χ1v) is 6.30. The number of aliphatic hydroxyl groups excluding tert-OH is 1. The Hall–Kier alpha value is -1.75. The Labute approximate surface area is 112 Å². The number of nitrogen functional groups attached to an aromatic ring is 1. The maximum absolute atomic E-state index is 11.6. The van der Waals surface area contributed by atoms with E-state index in [-0.39, 0.29) is 0 Å². The fourth-order valence-electron chi connectivity index (χ4n) is 2.75. The Morgan fingerprint density at radius 2 is 2.05 bits per heavy atom. The van der Waals surface area contributed by atoms with Crippen LogP contribution in [-0.2, 0) is 6.42 Å². The van der Waals surface area contributed by atoms with Crippen LogP contribution in [0.2, 0.25) is 0 Å². The van der Waals surface area contributed by atoms with Gasteiger partial charge in [0.1, 0.15) is 0 Å². The van der Waals surface area contributed by atoms with Crippen molar-refractivity contribution >= 4 is 11.8 Å². The van der Waals surface area contributed by atoms with Crippen LogP contribution in [0.3, 0.4) is 0 Å². The zero-order valence-corrected chi connectivity index (χ0v) is 11.4. The van der Waals surface area contributed by atoms with E-state index in [4.69, 9.17) is 5.73 Å². The third kappa shape index (κ3) is 2.38. The van der Waals surface area contributed by atoms with Crippen molar-refractivity contribution in [2.24, 2.45) is 0 Å². The second-order valence-electron chi connectivity index (χ2n) is 6.00. The second kappa shape index (κ2) is 4.42. The molecule has 0 bridgehead atoms. The van der Waals surface area contributed by atoms with Gasteiger partial charge < -0.3 is 15.9 Å². The van der Waals surface area contributed by atoms with Crippen molar-refractivity contribution in [3.05, 3.63) is 29.3 Å². The average molecular weight is 264 g/mol. The molecule has 0 radical (unpaired) electrons. The van der Waals surface area contributed by atoms with Crippen molar-refractivity contribution < 1.29 is 15.0 Å². The van der Waals surface area contributed by atoms with E-state index in [1.807, 2.05) is 26.8 Å². The van der Waals surface area contributed by atoms with Gasteiger partial charge in [-0.2, -0.15) is 0 Å². The normalized spacial score (nSPS) is 22.1. The van der Waals surface area contributed by atoms with Gasteiger partial charge in [-0.15, -0.1) is 0 Å². The van der Waals surface area contributed by atoms with Gasteiger partial charge >= 0.3 is 6.09 Å². The fraction of sp³-hybridized carbons (Fsp3) is 0.500. The number of benzene rings is 1. The second-order valence-corrected chi connectivity index (χ2v) is 6.00. The van der Waals surface area contributed by atoms with Crippen LogP contribution in [0.15, 0.2) is 18.2 Å². The highest BCUT2D eigenvalue weighted by Crippen LogP contribution is 2.40. The van der Waals surface area contributed by atoms with Crippen LogP contribution >= 0.6 is 0 Å². The lowest BCUT2D eigenvalue weighted by Gasteiger charge is -2.39. The van der Waals surface area contributed by atoms with Crippen LogP contribution in [0.4, 0.5) is 10.5 Å². The van der Waals surface area contributed by atoms with Gasteiger partial charge in [0.15, 0.2) is 0 Å². The summed E-state index contributed by atoms with van der Waals surface area (Å²) in [6, 6.07) is 4.83. The number of carboxylic acid groups (broad SMARTS) is 1. The van der Waals surface area contributed by atoms with E-state index in [9.17, 15) is 15.0 Å². The number of rotatable bonds is 1. The lowest BCUT2D eigenvalue weighted by atomic mass is 9.98. The summed E-state index contributed by atoms with van der Waals surface area (Å²) in [6.07, 6.45) is -1.31. The van der Waals surface area contributed by atoms with Crippen molar-refractivity contribution in [2.45, 2.75) is 44.9 Å². The Morgan fingerprint density at radius 3 is 2.58 bits per heavy atom. The molecule has 1 aliphatic rings. The zero-order chi connectivity index (χ0) is 14.4. The summed E-state index contributed by atoms with van der Waals surface area (Å²) in [7, 11) is 0. The SMILES string of the molecule is CC(C)(C)N(C(=O)O)[C@H]1c2cc(N)ccc2C[C@@H]1O. The quantitative estimate of drug-likeness (QED) is 0.677. The first-order chi connectivity index (χ1) is 8.71. The number of hydrogen-bond donors (Lipinski definition) is 3. The molecule has 0 unspecified atom stereocenters. The summed E-state index contributed by atoms with van der Waals surface area (Å²) in [6.45, 7) is 5.45. The molecule has 0 saturated carbocycles. The molecule has 104 valence electrons. The minimum atomic E-state index is -1.04. The topological polar surface area (TPSA) is 86.8 Å². The van der Waals surface area contributed by atoms with E-state index in [1.165, 1.54) is 4.90 Å². The van der Waals surface area contributed by atoms with Crippen molar-refractivity contribution in [2.75, 3.05) is 5.73 Å². The predicted octanol–water partition coefficient (Wildman–Crippen LogP) is 2.01. The van der Waals surface area contributed by atoms with Crippen molar-refractivity contribution in [1.82, 2.24) is 4.90 Å². The van der Waals surface area contributed by atoms with Crippen LogP contribution in [0.5, 0.6) is 0 Å². The first kappa shape index (κ1) is 13.7. The van der Waals surface area contributed by atoms with E-state index in [0.717, 1.165) is 11.1 Å². The molecule has 1 amide bonds. The van der Waals surface area contributed by atoms with Gasteiger partial charge in [0.2, 0.25) is 0 Å². The fourth-order valence-corrected chi connectivity index (χ4v) is 2.75. The molecule has 1 aromatic carbocycles. The highest BCUT2D eigenvalue weighted by atomic mass is 16.4. The molecule has 2 atom stereocenters. The first-order valence-electron chi connectivity index (χ1n) is 6.30. The average Bonchev–Trinajstić information content (AvgIpc) is 2.54. The van der Waals surface area contributed by atoms with Crippen LogP contribution in [0, 0.1) is 0 Å². The van der Waals surface area contributed by atoms with E-state index in [0.29, 0.717) is 12.1 Å². The minimum Gasteiger partial charge on any atom is -0.465 e. The molecule has 19 heavy (non-hydrogen) atoms. The lowest BCUT2D eigenvalue weighted by molar-refractivity contribution is 0.0149. The van der Waals surface area contributed by atoms with Gasteiger partial charge in [-0.05, 0) is 44.0 Å². The number of hydrogen-bond acceptors (Lipinski definition) is 3. The van der Waals surface area contributed by atoms with Gasteiger partial charge in [0.25, 0.3) is 0 Å². The maximum Gasteiger partial charge on any atom is 0.408 e. The Balaban J connectivity index is 2.50. The largest absolute Gasteiger partial charge is 0.465 e. The van der Waals surface area contributed by atoms with Gasteiger partial charge in [-0.1, -0.05) is 6.07 Å². The molecular formula is C14H20N2O3. The Bertz CT molecular complexity index is 508. The number of nitrogens with zero attached hydrogens (tertiary/aromatic N) is 1. The van der Waals surface area contributed by atoms with Gasteiger partial charge in [-0.3, -0.25) is 4.90 Å². The summed E-state index contributed by atoms with van der Waals surface area (Å²) in [5.74, 6) is 0. The number of anilines is 1. The molecule has 0 fully saturated rings. The van der Waals surface area contributed by atoms with E-state index >= 15 is 0 Å². The van der Waals surface area contributed by atoms with Crippen LogP contribution < -0.4 is 5.73 Å². The monoisotopic (exact) mass is 264 g/mol. The van der Waals surface area contributed by atoms with Crippen molar-refractivity contribution in [3.8, 4) is 0 Å². The molecule has 1 aromatic rings. The minimum absolute atomic E-state index is 0.458. The standard InChI is InChI=1S/C14H20N2O3/c1-14(2,3)16(13(18)19)12-10-7-9(15)5-4-8(10)6-11(12)17/h4-5,7,11-12,17H,6,15H2,1-3H3,(H,18,19)/t11-,12-/m0/s1. The number of amides is 1. The highest BCUT2D eigenvalue weighted by molar-refractivity contribution is 5.68. The molecular weight excluding hydrogens is 244 g/mol. The molecule has 0 saturated heterocycles. The third-order valence-electron chi connectivity index (χ3n) is 3.49. The molecule has 0 spiro atoms. The van der Waals surface area contributed by atoms with E-state index < -0.39 is 23.8 Å². The summed E-state index contributed by atoms with van der Waals surface area (Å²) < 4.78 is 0. The van der Waals surface area contributed by atoms with Crippen molar-refractivity contribution in [1.29, 1.82) is 0 Å². The summed E-state index contributed by atoms with van der Waals surface area (Å²) in [5, 5.41) is 19.7. The maximum atomic E-state index is 11.6. The molecule has 5 nitrogen and oxygen atoms in total. The summed E-state index contributed by atoms with van der Waals surface area (Å²) in [4.78, 5) is 12.9. The van der Waals surface area contributed by atoms with Crippen molar-refractivity contribution in [3.63, 3.8) is 0 Å². The smallest absolute Gasteiger partial charge is 0.408 e.